The molecule has 1 rings (SSSR count). The molecule has 0 aliphatic rings. The van der Waals surface area contributed by atoms with Gasteiger partial charge in [0, 0.05) is 19.7 Å². The van der Waals surface area contributed by atoms with Crippen LogP contribution in [0.4, 0.5) is 10.6 Å². The van der Waals surface area contributed by atoms with Crippen LogP contribution in [0.2, 0.25) is 0 Å². The number of urea groups is 1. The number of anilines is 1. The normalized spacial score (nSPS) is 10.3. The molecule has 0 saturated carbocycles. The Kier molecular flexibility index (Phi) is 3.50. The summed E-state index contributed by atoms with van der Waals surface area (Å²) in [5.41, 5.74) is 0. The highest BCUT2D eigenvalue weighted by molar-refractivity contribution is 5.88. The molecule has 78 valence electrons. The van der Waals surface area contributed by atoms with E-state index >= 15 is 0 Å². The highest BCUT2D eigenvalue weighted by Gasteiger charge is 2.04. The topological polar surface area (TPSA) is 59.0 Å². The SMILES string of the molecule is CC(C)CNC(=O)Nc1ccnn1C. The van der Waals surface area contributed by atoms with Gasteiger partial charge < -0.3 is 5.32 Å². The molecule has 0 saturated heterocycles. The van der Waals surface area contributed by atoms with E-state index in [1.807, 2.05) is 13.8 Å². The van der Waals surface area contributed by atoms with E-state index in [-0.39, 0.29) is 6.03 Å². The number of hydrogen-bond donors (Lipinski definition) is 2. The van der Waals surface area contributed by atoms with E-state index in [9.17, 15) is 4.79 Å². The second kappa shape index (κ2) is 4.64. The number of aryl methyl sites for hydroxylation is 1. The first-order chi connectivity index (χ1) is 6.59. The van der Waals surface area contributed by atoms with E-state index in [1.165, 1.54) is 0 Å². The fraction of sp³-hybridized carbons (Fsp3) is 0.556. The summed E-state index contributed by atoms with van der Waals surface area (Å²) in [6, 6.07) is 1.55. The standard InChI is InChI=1S/C9H16N4O/c1-7(2)6-10-9(14)12-8-4-5-11-13(8)3/h4-5,7H,6H2,1-3H3,(H2,10,12,14). The average Bonchev–Trinajstić information content (AvgIpc) is 2.49. The van der Waals surface area contributed by atoms with Crippen LogP contribution in [0, 0.1) is 5.92 Å². The maximum Gasteiger partial charge on any atom is 0.320 e. The first-order valence-corrected chi connectivity index (χ1v) is 4.62. The number of carbonyl (C=O) groups excluding carboxylic acids is 1. The predicted octanol–water partition coefficient (Wildman–Crippen LogP) is 1.20. The van der Waals surface area contributed by atoms with Gasteiger partial charge in [0.25, 0.3) is 0 Å². The smallest absolute Gasteiger partial charge is 0.320 e. The number of carbonyl (C=O) groups is 1. The Labute approximate surface area is 83.5 Å². The second-order valence-corrected chi connectivity index (χ2v) is 3.57. The van der Waals surface area contributed by atoms with Gasteiger partial charge in [0.15, 0.2) is 0 Å². The van der Waals surface area contributed by atoms with Crippen molar-refractivity contribution in [1.29, 1.82) is 0 Å². The number of hydrogen-bond acceptors (Lipinski definition) is 2. The lowest BCUT2D eigenvalue weighted by Gasteiger charge is -2.08. The molecule has 5 nitrogen and oxygen atoms in total. The van der Waals surface area contributed by atoms with Crippen LogP contribution in [0.25, 0.3) is 0 Å². The molecular weight excluding hydrogens is 180 g/mol. The van der Waals surface area contributed by atoms with Gasteiger partial charge in [-0.1, -0.05) is 13.8 Å². The Morgan fingerprint density at radius 2 is 2.36 bits per heavy atom. The molecule has 2 N–H and O–H groups in total. The van der Waals surface area contributed by atoms with Crippen molar-refractivity contribution in [2.24, 2.45) is 13.0 Å². The third kappa shape index (κ3) is 3.08. The summed E-state index contributed by atoms with van der Waals surface area (Å²) in [6.45, 7) is 4.76. The largest absolute Gasteiger partial charge is 0.338 e. The van der Waals surface area contributed by atoms with Crippen LogP contribution in [0.3, 0.4) is 0 Å². The van der Waals surface area contributed by atoms with Crippen molar-refractivity contribution in [2.45, 2.75) is 13.8 Å². The molecular formula is C9H16N4O. The number of amides is 2. The van der Waals surface area contributed by atoms with Crippen molar-refractivity contribution in [2.75, 3.05) is 11.9 Å². The van der Waals surface area contributed by atoms with Crippen molar-refractivity contribution in [3.05, 3.63) is 12.3 Å². The van der Waals surface area contributed by atoms with Gasteiger partial charge >= 0.3 is 6.03 Å². The molecule has 1 heterocycles. The fourth-order valence-corrected chi connectivity index (χ4v) is 0.954. The van der Waals surface area contributed by atoms with Crippen LogP contribution >= 0.6 is 0 Å². The molecule has 1 aromatic rings. The van der Waals surface area contributed by atoms with Gasteiger partial charge in [-0.25, -0.2) is 4.79 Å². The Balaban J connectivity index is 2.38. The Morgan fingerprint density at radius 1 is 1.64 bits per heavy atom. The van der Waals surface area contributed by atoms with Crippen molar-refractivity contribution in [3.8, 4) is 0 Å². The van der Waals surface area contributed by atoms with Gasteiger partial charge in [0.05, 0.1) is 6.20 Å². The highest BCUT2D eigenvalue weighted by atomic mass is 16.2. The van der Waals surface area contributed by atoms with Gasteiger partial charge in [-0.3, -0.25) is 10.00 Å². The summed E-state index contributed by atoms with van der Waals surface area (Å²) in [6.07, 6.45) is 1.64. The number of rotatable bonds is 3. The zero-order valence-electron chi connectivity index (χ0n) is 8.74. The van der Waals surface area contributed by atoms with Crippen molar-refractivity contribution in [1.82, 2.24) is 15.1 Å². The van der Waals surface area contributed by atoms with Gasteiger partial charge in [0.2, 0.25) is 0 Å². The van der Waals surface area contributed by atoms with Crippen molar-refractivity contribution in [3.63, 3.8) is 0 Å². The summed E-state index contributed by atoms with van der Waals surface area (Å²) in [4.78, 5) is 11.3. The molecule has 0 atom stereocenters. The van der Waals surface area contributed by atoms with Crippen LogP contribution < -0.4 is 10.6 Å². The lowest BCUT2D eigenvalue weighted by Crippen LogP contribution is -2.32. The third-order valence-electron chi connectivity index (χ3n) is 1.73. The summed E-state index contributed by atoms with van der Waals surface area (Å²) in [5, 5.41) is 9.39. The summed E-state index contributed by atoms with van der Waals surface area (Å²) in [5.74, 6) is 1.14. The van der Waals surface area contributed by atoms with E-state index < -0.39 is 0 Å². The number of aromatic nitrogens is 2. The average molecular weight is 196 g/mol. The Hall–Kier alpha value is -1.52. The molecule has 0 aromatic carbocycles. The quantitative estimate of drug-likeness (QED) is 0.763. The zero-order chi connectivity index (χ0) is 10.6. The molecule has 2 amide bonds. The second-order valence-electron chi connectivity index (χ2n) is 3.57. The fourth-order valence-electron chi connectivity index (χ4n) is 0.954. The summed E-state index contributed by atoms with van der Waals surface area (Å²) >= 11 is 0. The molecule has 5 heteroatoms. The molecule has 0 spiro atoms. The predicted molar refractivity (Wildman–Crippen MR) is 55.1 cm³/mol. The molecule has 0 bridgehead atoms. The monoisotopic (exact) mass is 196 g/mol. The van der Waals surface area contributed by atoms with E-state index in [2.05, 4.69) is 15.7 Å². The summed E-state index contributed by atoms with van der Waals surface area (Å²) < 4.78 is 1.61. The van der Waals surface area contributed by atoms with Gasteiger partial charge in [-0.2, -0.15) is 5.10 Å². The maximum atomic E-state index is 11.3. The van der Waals surface area contributed by atoms with Crippen LogP contribution in [0.5, 0.6) is 0 Å². The maximum absolute atomic E-state index is 11.3. The van der Waals surface area contributed by atoms with Gasteiger partial charge in [-0.05, 0) is 5.92 Å². The minimum atomic E-state index is -0.192. The van der Waals surface area contributed by atoms with Gasteiger partial charge in [-0.15, -0.1) is 0 Å². The number of nitrogens with one attached hydrogen (secondary N) is 2. The van der Waals surface area contributed by atoms with Crippen LogP contribution in [0.15, 0.2) is 12.3 Å². The highest BCUT2D eigenvalue weighted by Crippen LogP contribution is 2.02. The van der Waals surface area contributed by atoms with Crippen LogP contribution in [-0.4, -0.2) is 22.4 Å². The molecule has 0 unspecified atom stereocenters. The van der Waals surface area contributed by atoms with Crippen LogP contribution in [-0.2, 0) is 7.05 Å². The third-order valence-corrected chi connectivity index (χ3v) is 1.73. The molecule has 1 aromatic heterocycles. The molecule has 0 fully saturated rings. The first kappa shape index (κ1) is 10.6. The molecule has 0 radical (unpaired) electrons. The van der Waals surface area contributed by atoms with Gasteiger partial charge in [0.1, 0.15) is 5.82 Å². The lowest BCUT2D eigenvalue weighted by molar-refractivity contribution is 0.250. The molecule has 14 heavy (non-hydrogen) atoms. The van der Waals surface area contributed by atoms with Crippen molar-refractivity contribution < 1.29 is 4.79 Å². The first-order valence-electron chi connectivity index (χ1n) is 4.62. The Bertz CT molecular complexity index is 306. The van der Waals surface area contributed by atoms with E-state index in [1.54, 1.807) is 24.0 Å². The molecule has 0 aliphatic heterocycles. The van der Waals surface area contributed by atoms with E-state index in [0.717, 1.165) is 0 Å². The molecule has 0 aliphatic carbocycles. The van der Waals surface area contributed by atoms with Crippen LogP contribution in [0.1, 0.15) is 13.8 Å². The van der Waals surface area contributed by atoms with E-state index in [0.29, 0.717) is 18.3 Å². The number of nitrogens with zero attached hydrogens (tertiary/aromatic N) is 2. The zero-order valence-corrected chi connectivity index (χ0v) is 8.74. The summed E-state index contributed by atoms with van der Waals surface area (Å²) in [7, 11) is 1.78. The Morgan fingerprint density at radius 3 is 2.86 bits per heavy atom. The van der Waals surface area contributed by atoms with Crippen molar-refractivity contribution >= 4 is 11.8 Å². The minimum absolute atomic E-state index is 0.192. The lowest BCUT2D eigenvalue weighted by atomic mass is 10.2. The van der Waals surface area contributed by atoms with E-state index in [4.69, 9.17) is 0 Å². The minimum Gasteiger partial charge on any atom is -0.338 e.